The van der Waals surface area contributed by atoms with Crippen molar-refractivity contribution in [3.63, 3.8) is 0 Å². The van der Waals surface area contributed by atoms with Crippen molar-refractivity contribution in [2.75, 3.05) is 0 Å². The van der Waals surface area contributed by atoms with Gasteiger partial charge in [0.2, 0.25) is 0 Å². The van der Waals surface area contributed by atoms with Crippen LogP contribution in [-0.2, 0) is 4.79 Å². The van der Waals surface area contributed by atoms with Gasteiger partial charge < -0.3 is 0 Å². The predicted octanol–water partition coefficient (Wildman–Crippen LogP) is 4.13. The lowest BCUT2D eigenvalue weighted by molar-refractivity contribution is -0.129. The van der Waals surface area contributed by atoms with Crippen molar-refractivity contribution in [1.29, 1.82) is 0 Å². The largest absolute Gasteiger partial charge is 0.289 e. The van der Waals surface area contributed by atoms with Gasteiger partial charge in [-0.05, 0) is 28.8 Å². The van der Waals surface area contributed by atoms with E-state index in [2.05, 4.69) is 0 Å². The second-order valence-corrected chi connectivity index (χ2v) is 5.43. The third-order valence-electron chi connectivity index (χ3n) is 3.91. The van der Waals surface area contributed by atoms with E-state index in [1.54, 1.807) is 47.9 Å². The van der Waals surface area contributed by atoms with Crippen LogP contribution in [0, 0.1) is 5.82 Å². The lowest BCUT2D eigenvalue weighted by Crippen LogP contribution is -2.27. The van der Waals surface area contributed by atoms with E-state index in [9.17, 15) is 9.18 Å². The molecule has 120 valence electrons. The van der Waals surface area contributed by atoms with E-state index in [1.807, 2.05) is 30.3 Å². The Kier molecular flexibility index (Phi) is 4.68. The summed E-state index contributed by atoms with van der Waals surface area (Å²) in [6.07, 6.45) is 0. The fourth-order valence-electron chi connectivity index (χ4n) is 2.79. The highest BCUT2D eigenvalue weighted by Crippen LogP contribution is 2.30. The summed E-state index contributed by atoms with van der Waals surface area (Å²) in [6.45, 7) is 0. The van der Waals surface area contributed by atoms with Crippen LogP contribution in [0.5, 0.6) is 0 Å². The monoisotopic (exact) mass is 321 g/mol. The molecule has 0 bridgehead atoms. The highest BCUT2D eigenvalue weighted by atomic mass is 19.1. The van der Waals surface area contributed by atoms with Crippen molar-refractivity contribution in [1.82, 2.24) is 5.48 Å². The van der Waals surface area contributed by atoms with Crippen LogP contribution in [0.15, 0.2) is 78.9 Å². The Morgan fingerprint density at radius 1 is 0.875 bits per heavy atom. The molecule has 0 aliphatic heterocycles. The van der Waals surface area contributed by atoms with Crippen molar-refractivity contribution in [2.24, 2.45) is 0 Å². The van der Waals surface area contributed by atoms with Crippen molar-refractivity contribution in [3.8, 4) is 11.1 Å². The first-order valence-corrected chi connectivity index (χ1v) is 7.54. The number of hydroxylamine groups is 1. The van der Waals surface area contributed by atoms with E-state index in [4.69, 9.17) is 5.21 Å². The smallest absolute Gasteiger partial charge is 0.255 e. The third-order valence-corrected chi connectivity index (χ3v) is 3.91. The van der Waals surface area contributed by atoms with E-state index in [1.165, 1.54) is 6.07 Å². The molecule has 4 heteroatoms. The van der Waals surface area contributed by atoms with Crippen molar-refractivity contribution in [3.05, 3.63) is 95.8 Å². The van der Waals surface area contributed by atoms with Crippen LogP contribution in [0.4, 0.5) is 4.39 Å². The molecule has 0 saturated carbocycles. The Labute approximate surface area is 139 Å². The predicted molar refractivity (Wildman–Crippen MR) is 90.1 cm³/mol. The van der Waals surface area contributed by atoms with E-state index >= 15 is 0 Å². The topological polar surface area (TPSA) is 49.3 Å². The van der Waals surface area contributed by atoms with Gasteiger partial charge in [-0.2, -0.15) is 0 Å². The first-order chi connectivity index (χ1) is 11.7. The number of halogens is 1. The van der Waals surface area contributed by atoms with Gasteiger partial charge in [0, 0.05) is 5.56 Å². The van der Waals surface area contributed by atoms with Crippen LogP contribution in [0.3, 0.4) is 0 Å². The minimum atomic E-state index is -0.678. The normalized spacial score (nSPS) is 11.8. The minimum absolute atomic E-state index is 0.322. The molecule has 0 aliphatic rings. The van der Waals surface area contributed by atoms with Crippen molar-refractivity contribution >= 4 is 5.91 Å². The van der Waals surface area contributed by atoms with Gasteiger partial charge in [-0.1, -0.05) is 66.7 Å². The lowest BCUT2D eigenvalue weighted by atomic mass is 9.89. The average molecular weight is 321 g/mol. The third kappa shape index (κ3) is 3.19. The zero-order chi connectivity index (χ0) is 16.9. The molecule has 0 saturated heterocycles. The van der Waals surface area contributed by atoms with Crippen molar-refractivity contribution in [2.45, 2.75) is 5.92 Å². The van der Waals surface area contributed by atoms with Gasteiger partial charge in [-0.15, -0.1) is 0 Å². The highest BCUT2D eigenvalue weighted by molar-refractivity contribution is 5.86. The molecule has 1 amide bonds. The molecule has 0 aromatic heterocycles. The van der Waals surface area contributed by atoms with E-state index < -0.39 is 11.8 Å². The first kappa shape index (κ1) is 15.9. The molecular formula is C20H16FNO2. The van der Waals surface area contributed by atoms with Crippen LogP contribution in [0.2, 0.25) is 0 Å². The van der Waals surface area contributed by atoms with Crippen LogP contribution in [-0.4, -0.2) is 11.1 Å². The number of rotatable bonds is 4. The number of carbonyl (C=O) groups excluding carboxylic acids is 1. The van der Waals surface area contributed by atoms with Crippen LogP contribution >= 0.6 is 0 Å². The molecule has 2 N–H and O–H groups in total. The Bertz CT molecular complexity index is 849. The fraction of sp³-hybridized carbons (Fsp3) is 0.0500. The van der Waals surface area contributed by atoms with E-state index in [-0.39, 0.29) is 5.82 Å². The molecule has 3 aromatic rings. The summed E-state index contributed by atoms with van der Waals surface area (Å²) in [7, 11) is 0. The summed E-state index contributed by atoms with van der Waals surface area (Å²) in [4.78, 5) is 12.2. The molecule has 1 atom stereocenters. The zero-order valence-electron chi connectivity index (χ0n) is 12.8. The first-order valence-electron chi connectivity index (χ1n) is 7.54. The molecule has 3 aromatic carbocycles. The van der Waals surface area contributed by atoms with Gasteiger partial charge in [0.05, 0.1) is 5.92 Å². The summed E-state index contributed by atoms with van der Waals surface area (Å²) >= 11 is 0. The molecule has 0 radical (unpaired) electrons. The maximum atomic E-state index is 14.0. The highest BCUT2D eigenvalue weighted by Gasteiger charge is 2.22. The number of benzene rings is 3. The summed E-state index contributed by atoms with van der Waals surface area (Å²) in [6, 6.07) is 22.8. The molecule has 3 rings (SSSR count). The van der Waals surface area contributed by atoms with Crippen LogP contribution < -0.4 is 5.48 Å². The Morgan fingerprint density at radius 3 is 2.25 bits per heavy atom. The van der Waals surface area contributed by atoms with Gasteiger partial charge in [-0.25, -0.2) is 9.87 Å². The van der Waals surface area contributed by atoms with Gasteiger partial charge in [0.1, 0.15) is 5.82 Å². The molecule has 0 spiro atoms. The molecule has 0 heterocycles. The van der Waals surface area contributed by atoms with E-state index in [0.717, 1.165) is 5.56 Å². The van der Waals surface area contributed by atoms with Crippen LogP contribution in [0.1, 0.15) is 17.0 Å². The summed E-state index contributed by atoms with van der Waals surface area (Å²) in [5.74, 6) is -1.53. The molecule has 0 fully saturated rings. The molecule has 1 unspecified atom stereocenters. The second-order valence-electron chi connectivity index (χ2n) is 5.43. The minimum Gasteiger partial charge on any atom is -0.289 e. The standard InChI is InChI=1S/C20H16FNO2/c21-18-12-5-4-11-17(18)15-9-6-10-16(13-15)19(20(23)22-24)14-7-2-1-3-8-14/h1-13,19,24H,(H,22,23). The van der Waals surface area contributed by atoms with Crippen LogP contribution in [0.25, 0.3) is 11.1 Å². The van der Waals surface area contributed by atoms with Gasteiger partial charge in [0.15, 0.2) is 0 Å². The quantitative estimate of drug-likeness (QED) is 0.561. The molecule has 3 nitrogen and oxygen atoms in total. The summed E-state index contributed by atoms with van der Waals surface area (Å²) < 4.78 is 14.0. The molecule has 0 aliphatic carbocycles. The Hall–Kier alpha value is -2.98. The maximum Gasteiger partial charge on any atom is 0.255 e. The summed E-state index contributed by atoms with van der Waals surface area (Å²) in [5.41, 5.74) is 4.29. The maximum absolute atomic E-state index is 14.0. The second kappa shape index (κ2) is 7.06. The molecular weight excluding hydrogens is 305 g/mol. The number of hydrogen-bond acceptors (Lipinski definition) is 2. The lowest BCUT2D eigenvalue weighted by Gasteiger charge is -2.17. The average Bonchev–Trinajstić information content (AvgIpc) is 2.63. The molecule has 24 heavy (non-hydrogen) atoms. The Morgan fingerprint density at radius 2 is 1.54 bits per heavy atom. The zero-order valence-corrected chi connectivity index (χ0v) is 12.8. The number of nitrogens with one attached hydrogen (secondary N) is 1. The van der Waals surface area contributed by atoms with Gasteiger partial charge in [-0.3, -0.25) is 10.0 Å². The number of hydrogen-bond donors (Lipinski definition) is 2. The number of carbonyl (C=O) groups is 1. The number of amides is 1. The fourth-order valence-corrected chi connectivity index (χ4v) is 2.79. The van der Waals surface area contributed by atoms with E-state index in [0.29, 0.717) is 16.7 Å². The van der Waals surface area contributed by atoms with Gasteiger partial charge >= 0.3 is 0 Å². The Balaban J connectivity index is 2.08. The summed E-state index contributed by atoms with van der Waals surface area (Å²) in [5, 5.41) is 9.10. The van der Waals surface area contributed by atoms with Crippen molar-refractivity contribution < 1.29 is 14.4 Å². The van der Waals surface area contributed by atoms with Gasteiger partial charge in [0.25, 0.3) is 5.91 Å². The SMILES string of the molecule is O=C(NO)C(c1ccccc1)c1cccc(-c2ccccc2F)c1.